The largest absolute Gasteiger partial charge is 0.340 e. The first-order valence-corrected chi connectivity index (χ1v) is 8.10. The monoisotopic (exact) mass is 296 g/mol. The number of carbonyl (C=O) groups is 1. The van der Waals surface area contributed by atoms with Gasteiger partial charge in [-0.3, -0.25) is 4.79 Å². The number of halogens is 1. The second-order valence-electron chi connectivity index (χ2n) is 4.89. The molecule has 0 spiro atoms. The first kappa shape index (κ1) is 15.7. The van der Waals surface area contributed by atoms with E-state index in [4.69, 9.17) is 0 Å². The zero-order valence-corrected chi connectivity index (χ0v) is 12.1. The molecular weight excluding hydrogens is 276 g/mol. The molecule has 106 valence electrons. The maximum atomic E-state index is 11.8. The van der Waals surface area contributed by atoms with Gasteiger partial charge in [-0.2, -0.15) is 0 Å². The Morgan fingerprint density at radius 2 is 1.72 bits per heavy atom. The van der Waals surface area contributed by atoms with Crippen molar-refractivity contribution >= 4 is 28.2 Å². The van der Waals surface area contributed by atoms with Crippen LogP contribution in [0.15, 0.2) is 0 Å². The predicted molar refractivity (Wildman–Crippen MR) is 72.7 cm³/mol. The fraction of sp³-hybridized carbons (Fsp3) is 0.909. The number of hydrogen-bond donors (Lipinski definition) is 1. The summed E-state index contributed by atoms with van der Waals surface area (Å²) in [5.41, 5.74) is 0. The molecule has 0 aromatic heterocycles. The molecule has 5 nitrogen and oxygen atoms in total. The van der Waals surface area contributed by atoms with Crippen molar-refractivity contribution in [2.24, 2.45) is 0 Å². The summed E-state index contributed by atoms with van der Waals surface area (Å²) in [5.74, 6) is 0.261. The fourth-order valence-corrected chi connectivity index (χ4v) is 3.64. The molecule has 1 saturated carbocycles. The molecule has 18 heavy (non-hydrogen) atoms. The van der Waals surface area contributed by atoms with Crippen molar-refractivity contribution in [3.8, 4) is 0 Å². The molecule has 1 saturated heterocycles. The van der Waals surface area contributed by atoms with Gasteiger partial charge in [0.25, 0.3) is 0 Å². The third kappa shape index (κ3) is 4.40. The Hall–Kier alpha value is -0.330. The van der Waals surface area contributed by atoms with Crippen LogP contribution < -0.4 is 5.32 Å². The Balaban J connectivity index is 0.00000162. The molecule has 0 atom stereocenters. The highest BCUT2D eigenvalue weighted by atomic mass is 35.5. The van der Waals surface area contributed by atoms with Crippen molar-refractivity contribution in [2.45, 2.75) is 31.7 Å². The standard InChI is InChI=1S/C11H20N2O3S.ClH/c14-11(9-12-10-3-1-2-4-10)13-5-7-17(15,16)8-6-13;/h10,12H,1-9H2;1H. The lowest BCUT2D eigenvalue weighted by Crippen LogP contribution is -2.47. The topological polar surface area (TPSA) is 66.5 Å². The van der Waals surface area contributed by atoms with Crippen molar-refractivity contribution in [1.29, 1.82) is 0 Å². The van der Waals surface area contributed by atoms with Crippen molar-refractivity contribution in [2.75, 3.05) is 31.1 Å². The number of nitrogens with zero attached hydrogens (tertiary/aromatic N) is 1. The number of amides is 1. The maximum Gasteiger partial charge on any atom is 0.236 e. The van der Waals surface area contributed by atoms with Crippen LogP contribution in [-0.2, 0) is 14.6 Å². The molecule has 0 aromatic rings. The minimum Gasteiger partial charge on any atom is -0.340 e. The molecule has 0 radical (unpaired) electrons. The Morgan fingerprint density at radius 3 is 2.28 bits per heavy atom. The molecule has 7 heteroatoms. The second-order valence-corrected chi connectivity index (χ2v) is 7.20. The summed E-state index contributed by atoms with van der Waals surface area (Å²) in [6.07, 6.45) is 4.80. The van der Waals surface area contributed by atoms with Crippen molar-refractivity contribution in [3.63, 3.8) is 0 Å². The zero-order chi connectivity index (χ0) is 12.3. The van der Waals surface area contributed by atoms with Crippen molar-refractivity contribution in [1.82, 2.24) is 10.2 Å². The van der Waals surface area contributed by atoms with Gasteiger partial charge in [-0.15, -0.1) is 12.4 Å². The Kier molecular flexibility index (Phi) is 5.88. The molecule has 0 unspecified atom stereocenters. The molecule has 2 rings (SSSR count). The van der Waals surface area contributed by atoms with Gasteiger partial charge in [0.1, 0.15) is 0 Å². The van der Waals surface area contributed by atoms with Crippen LogP contribution in [0.5, 0.6) is 0 Å². The average Bonchev–Trinajstić information content (AvgIpc) is 2.78. The molecule has 1 amide bonds. The van der Waals surface area contributed by atoms with E-state index in [0.29, 0.717) is 25.7 Å². The number of nitrogens with one attached hydrogen (secondary N) is 1. The Bertz CT molecular complexity index is 366. The van der Waals surface area contributed by atoms with Crippen LogP contribution in [0, 0.1) is 0 Å². The third-order valence-electron chi connectivity index (χ3n) is 3.59. The van der Waals surface area contributed by atoms with E-state index >= 15 is 0 Å². The quantitative estimate of drug-likeness (QED) is 0.808. The van der Waals surface area contributed by atoms with Gasteiger partial charge >= 0.3 is 0 Å². The summed E-state index contributed by atoms with van der Waals surface area (Å²) in [6, 6.07) is 0.479. The zero-order valence-electron chi connectivity index (χ0n) is 10.4. The van der Waals surface area contributed by atoms with E-state index in [9.17, 15) is 13.2 Å². The van der Waals surface area contributed by atoms with Crippen molar-refractivity contribution in [3.05, 3.63) is 0 Å². The van der Waals surface area contributed by atoms with Gasteiger partial charge < -0.3 is 10.2 Å². The van der Waals surface area contributed by atoms with Gasteiger partial charge in [0.15, 0.2) is 9.84 Å². The van der Waals surface area contributed by atoms with Gasteiger partial charge in [-0.1, -0.05) is 12.8 Å². The minimum absolute atomic E-state index is 0. The SMILES string of the molecule is Cl.O=C(CNC1CCCC1)N1CCS(=O)(=O)CC1. The molecule has 1 heterocycles. The van der Waals surface area contributed by atoms with E-state index < -0.39 is 9.84 Å². The molecule has 2 aliphatic rings. The molecule has 0 bridgehead atoms. The molecule has 0 aromatic carbocycles. The van der Waals surface area contributed by atoms with Crippen LogP contribution in [0.1, 0.15) is 25.7 Å². The van der Waals surface area contributed by atoms with Crippen molar-refractivity contribution < 1.29 is 13.2 Å². The van der Waals surface area contributed by atoms with E-state index in [-0.39, 0.29) is 29.8 Å². The van der Waals surface area contributed by atoms with Crippen LogP contribution in [-0.4, -0.2) is 56.4 Å². The highest BCUT2D eigenvalue weighted by Crippen LogP contribution is 2.17. The second kappa shape index (κ2) is 6.73. The Labute approximate surface area is 115 Å². The normalized spacial score (nSPS) is 23.7. The molecule has 1 aliphatic carbocycles. The molecule has 2 fully saturated rings. The van der Waals surface area contributed by atoms with Gasteiger partial charge in [0.05, 0.1) is 18.1 Å². The fourth-order valence-electron chi connectivity index (χ4n) is 2.44. The van der Waals surface area contributed by atoms with Crippen LogP contribution in [0.25, 0.3) is 0 Å². The summed E-state index contributed by atoms with van der Waals surface area (Å²) in [7, 11) is -2.89. The third-order valence-corrected chi connectivity index (χ3v) is 5.20. The first-order valence-electron chi connectivity index (χ1n) is 6.28. The number of hydrogen-bond acceptors (Lipinski definition) is 4. The molecule has 1 aliphatic heterocycles. The van der Waals surface area contributed by atoms with Gasteiger partial charge in [-0.25, -0.2) is 8.42 Å². The van der Waals surface area contributed by atoms with Crippen LogP contribution in [0.3, 0.4) is 0 Å². The number of carbonyl (C=O) groups excluding carboxylic acids is 1. The van der Waals surface area contributed by atoms with Crippen LogP contribution in [0.4, 0.5) is 0 Å². The highest BCUT2D eigenvalue weighted by Gasteiger charge is 2.25. The van der Waals surface area contributed by atoms with Crippen LogP contribution in [0.2, 0.25) is 0 Å². The summed E-state index contributed by atoms with van der Waals surface area (Å²) in [5, 5.41) is 3.26. The highest BCUT2D eigenvalue weighted by molar-refractivity contribution is 7.91. The van der Waals surface area contributed by atoms with Gasteiger partial charge in [0, 0.05) is 19.1 Å². The molecular formula is C11H21ClN2O3S. The smallest absolute Gasteiger partial charge is 0.236 e. The van der Waals surface area contributed by atoms with E-state index in [0.717, 1.165) is 12.8 Å². The lowest BCUT2D eigenvalue weighted by Gasteiger charge is -2.27. The van der Waals surface area contributed by atoms with E-state index in [1.807, 2.05) is 0 Å². The lowest BCUT2D eigenvalue weighted by molar-refractivity contribution is -0.130. The van der Waals surface area contributed by atoms with E-state index in [2.05, 4.69) is 5.32 Å². The Morgan fingerprint density at radius 1 is 1.17 bits per heavy atom. The average molecular weight is 297 g/mol. The predicted octanol–water partition coefficient (Wildman–Crippen LogP) is 0.197. The van der Waals surface area contributed by atoms with E-state index in [1.54, 1.807) is 4.90 Å². The van der Waals surface area contributed by atoms with Gasteiger partial charge in [-0.05, 0) is 12.8 Å². The number of sulfone groups is 1. The summed E-state index contributed by atoms with van der Waals surface area (Å²) in [6.45, 7) is 1.06. The van der Waals surface area contributed by atoms with E-state index in [1.165, 1.54) is 12.8 Å². The first-order chi connectivity index (χ1) is 8.07. The van der Waals surface area contributed by atoms with Gasteiger partial charge in [0.2, 0.25) is 5.91 Å². The number of rotatable bonds is 3. The van der Waals surface area contributed by atoms with Crippen LogP contribution >= 0.6 is 12.4 Å². The summed E-state index contributed by atoms with van der Waals surface area (Å²) in [4.78, 5) is 13.5. The lowest BCUT2D eigenvalue weighted by atomic mass is 10.2. The summed E-state index contributed by atoms with van der Waals surface area (Å²) < 4.78 is 22.5. The molecule has 1 N–H and O–H groups in total. The minimum atomic E-state index is -2.89. The maximum absolute atomic E-state index is 11.8. The summed E-state index contributed by atoms with van der Waals surface area (Å²) >= 11 is 0.